The van der Waals surface area contributed by atoms with Crippen molar-refractivity contribution in [3.8, 4) is 0 Å². The van der Waals surface area contributed by atoms with Crippen molar-refractivity contribution in [2.24, 2.45) is 0 Å². The molecule has 0 fully saturated rings. The van der Waals surface area contributed by atoms with Gasteiger partial charge < -0.3 is 14.6 Å². The van der Waals surface area contributed by atoms with E-state index in [1.165, 1.54) is 28.8 Å². The zero-order valence-electron chi connectivity index (χ0n) is 18.2. The molecule has 34 heavy (non-hydrogen) atoms. The molecule has 4 aromatic rings. The van der Waals surface area contributed by atoms with Crippen LogP contribution in [-0.2, 0) is 17.9 Å². The fourth-order valence-corrected chi connectivity index (χ4v) is 5.04. The summed E-state index contributed by atoms with van der Waals surface area (Å²) < 4.78 is 33.2. The number of halogens is 2. The lowest BCUT2D eigenvalue weighted by Gasteiger charge is -2.32. The van der Waals surface area contributed by atoms with Gasteiger partial charge in [0.2, 0.25) is 5.91 Å². The third-order valence-electron chi connectivity index (χ3n) is 5.59. The predicted octanol–water partition coefficient (Wildman–Crippen LogP) is 5.67. The molecule has 1 aliphatic heterocycles. The minimum absolute atomic E-state index is 0.00449. The Morgan fingerprint density at radius 1 is 1.06 bits per heavy atom. The molecule has 172 valence electrons. The minimum atomic E-state index is -0.708. The van der Waals surface area contributed by atoms with E-state index >= 15 is 0 Å². The van der Waals surface area contributed by atoms with Crippen molar-refractivity contribution >= 4 is 40.2 Å². The van der Waals surface area contributed by atoms with Crippen LogP contribution in [0.1, 0.15) is 28.6 Å². The van der Waals surface area contributed by atoms with E-state index in [0.717, 1.165) is 21.9 Å². The van der Waals surface area contributed by atoms with E-state index in [-0.39, 0.29) is 30.2 Å². The van der Waals surface area contributed by atoms with Crippen LogP contribution in [0, 0.1) is 11.6 Å². The summed E-state index contributed by atoms with van der Waals surface area (Å²) in [6.45, 7) is 1.99. The highest BCUT2D eigenvalue weighted by Crippen LogP contribution is 2.40. The molecule has 0 radical (unpaired) electrons. The van der Waals surface area contributed by atoms with E-state index in [1.807, 2.05) is 30.3 Å². The van der Waals surface area contributed by atoms with Crippen molar-refractivity contribution in [3.05, 3.63) is 95.3 Å². The molecule has 0 saturated heterocycles. The number of para-hydroxylation sites is 1. The standard InChI is InChI=1S/C26H20F2N2O3S/c1-15-26(32)30(14-16-8-19(27)12-20(28)9-16)22-11-18(6-7-24(22)34-15)25(31)29-13-21-10-17-4-2-3-5-23(17)33-21/h2-12,15H,13-14H2,1H3,(H,29,31). The van der Waals surface area contributed by atoms with Gasteiger partial charge in [-0.15, -0.1) is 11.8 Å². The first-order chi connectivity index (χ1) is 16.4. The highest BCUT2D eigenvalue weighted by Gasteiger charge is 2.31. The summed E-state index contributed by atoms with van der Waals surface area (Å²) >= 11 is 1.39. The van der Waals surface area contributed by atoms with E-state index in [2.05, 4.69) is 5.32 Å². The van der Waals surface area contributed by atoms with Crippen molar-refractivity contribution < 1.29 is 22.8 Å². The third-order valence-corrected chi connectivity index (χ3v) is 6.75. The maximum atomic E-state index is 13.7. The van der Waals surface area contributed by atoms with Crippen LogP contribution in [0.15, 0.2) is 76.0 Å². The lowest BCUT2D eigenvalue weighted by molar-refractivity contribution is -0.118. The van der Waals surface area contributed by atoms with Gasteiger partial charge in [0.05, 0.1) is 24.0 Å². The maximum absolute atomic E-state index is 13.7. The van der Waals surface area contributed by atoms with Crippen LogP contribution in [0.25, 0.3) is 11.0 Å². The normalized spacial score (nSPS) is 15.4. The molecule has 0 spiro atoms. The Morgan fingerprint density at radius 3 is 2.59 bits per heavy atom. The summed E-state index contributed by atoms with van der Waals surface area (Å²) in [6.07, 6.45) is 0. The van der Waals surface area contributed by atoms with Crippen molar-refractivity contribution in [3.63, 3.8) is 0 Å². The second kappa shape index (κ2) is 8.95. The molecule has 0 aliphatic carbocycles. The SMILES string of the molecule is CC1Sc2ccc(C(=O)NCc3cc4ccccc4o3)cc2N(Cc2cc(F)cc(F)c2)C1=O. The van der Waals surface area contributed by atoms with Crippen LogP contribution in [0.3, 0.4) is 0 Å². The summed E-state index contributed by atoms with van der Waals surface area (Å²) in [5, 5.41) is 3.43. The van der Waals surface area contributed by atoms with Crippen LogP contribution < -0.4 is 10.2 Å². The van der Waals surface area contributed by atoms with E-state index in [0.29, 0.717) is 22.6 Å². The fraction of sp³-hybridized carbons (Fsp3) is 0.154. The zero-order valence-corrected chi connectivity index (χ0v) is 19.0. The molecule has 0 saturated carbocycles. The molecular weight excluding hydrogens is 458 g/mol. The van der Waals surface area contributed by atoms with Gasteiger partial charge in [-0.05, 0) is 55.0 Å². The summed E-state index contributed by atoms with van der Waals surface area (Å²) in [7, 11) is 0. The van der Waals surface area contributed by atoms with Gasteiger partial charge >= 0.3 is 0 Å². The number of amides is 2. The van der Waals surface area contributed by atoms with Crippen molar-refractivity contribution in [1.82, 2.24) is 5.32 Å². The number of nitrogens with one attached hydrogen (secondary N) is 1. The second-order valence-corrected chi connectivity index (χ2v) is 9.46. The van der Waals surface area contributed by atoms with Crippen LogP contribution >= 0.6 is 11.8 Å². The number of carbonyl (C=O) groups excluding carboxylic acids is 2. The molecule has 1 N–H and O–H groups in total. The number of furan rings is 1. The molecule has 3 aromatic carbocycles. The molecule has 5 rings (SSSR count). The molecular formula is C26H20F2N2O3S. The molecule has 1 atom stereocenters. The van der Waals surface area contributed by atoms with E-state index in [1.54, 1.807) is 25.1 Å². The highest BCUT2D eigenvalue weighted by molar-refractivity contribution is 8.01. The van der Waals surface area contributed by atoms with E-state index in [9.17, 15) is 18.4 Å². The van der Waals surface area contributed by atoms with Gasteiger partial charge in [-0.2, -0.15) is 0 Å². The lowest BCUT2D eigenvalue weighted by Crippen LogP contribution is -2.39. The number of hydrogen-bond donors (Lipinski definition) is 1. The van der Waals surface area contributed by atoms with Crippen molar-refractivity contribution in [2.75, 3.05) is 4.90 Å². The topological polar surface area (TPSA) is 62.6 Å². The first-order valence-corrected chi connectivity index (χ1v) is 11.6. The number of carbonyl (C=O) groups is 2. The second-order valence-electron chi connectivity index (χ2n) is 8.08. The van der Waals surface area contributed by atoms with Gasteiger partial charge in [-0.1, -0.05) is 18.2 Å². The largest absolute Gasteiger partial charge is 0.459 e. The molecule has 1 unspecified atom stereocenters. The van der Waals surface area contributed by atoms with Gasteiger partial charge in [-0.25, -0.2) is 8.78 Å². The Bertz CT molecular complexity index is 1370. The van der Waals surface area contributed by atoms with Crippen LogP contribution in [0.5, 0.6) is 0 Å². The minimum Gasteiger partial charge on any atom is -0.459 e. The summed E-state index contributed by atoms with van der Waals surface area (Å²) in [6, 6.07) is 17.8. The van der Waals surface area contributed by atoms with Gasteiger partial charge in [0.15, 0.2) is 0 Å². The molecule has 1 aliphatic rings. The number of hydrogen-bond acceptors (Lipinski definition) is 4. The monoisotopic (exact) mass is 478 g/mol. The fourth-order valence-electron chi connectivity index (χ4n) is 3.99. The van der Waals surface area contributed by atoms with Gasteiger partial charge in [-0.3, -0.25) is 9.59 Å². The number of benzene rings is 3. The van der Waals surface area contributed by atoms with E-state index < -0.39 is 11.6 Å². The Kier molecular flexibility index (Phi) is 5.83. The average Bonchev–Trinajstić information content (AvgIpc) is 3.23. The number of nitrogens with zero attached hydrogens (tertiary/aromatic N) is 1. The molecule has 0 bridgehead atoms. The molecule has 2 heterocycles. The number of thioether (sulfide) groups is 1. The summed E-state index contributed by atoms with van der Waals surface area (Å²) in [4.78, 5) is 28.1. The first kappa shape index (κ1) is 22.2. The average molecular weight is 479 g/mol. The molecule has 8 heteroatoms. The quantitative estimate of drug-likeness (QED) is 0.402. The summed E-state index contributed by atoms with van der Waals surface area (Å²) in [5.41, 5.74) is 1.98. The lowest BCUT2D eigenvalue weighted by atomic mass is 10.1. The maximum Gasteiger partial charge on any atom is 0.251 e. The van der Waals surface area contributed by atoms with Crippen LogP contribution in [-0.4, -0.2) is 17.1 Å². The highest BCUT2D eigenvalue weighted by atomic mass is 32.2. The smallest absolute Gasteiger partial charge is 0.251 e. The third kappa shape index (κ3) is 4.41. The Labute approximate surface area is 198 Å². The van der Waals surface area contributed by atoms with Crippen molar-refractivity contribution in [2.45, 2.75) is 30.2 Å². The van der Waals surface area contributed by atoms with Crippen LogP contribution in [0.2, 0.25) is 0 Å². The Morgan fingerprint density at radius 2 is 1.82 bits per heavy atom. The number of fused-ring (bicyclic) bond motifs is 2. The predicted molar refractivity (Wildman–Crippen MR) is 127 cm³/mol. The van der Waals surface area contributed by atoms with Crippen LogP contribution in [0.4, 0.5) is 14.5 Å². The van der Waals surface area contributed by atoms with Crippen molar-refractivity contribution in [1.29, 1.82) is 0 Å². The Balaban J connectivity index is 1.38. The molecule has 5 nitrogen and oxygen atoms in total. The molecule has 2 amide bonds. The number of rotatable bonds is 5. The van der Waals surface area contributed by atoms with Gasteiger partial charge in [0.25, 0.3) is 5.91 Å². The molecule has 1 aromatic heterocycles. The van der Waals surface area contributed by atoms with E-state index in [4.69, 9.17) is 4.42 Å². The zero-order chi connectivity index (χ0) is 23.8. The van der Waals surface area contributed by atoms with Gasteiger partial charge in [0, 0.05) is 21.9 Å². The first-order valence-electron chi connectivity index (χ1n) is 10.7. The van der Waals surface area contributed by atoms with Gasteiger partial charge in [0.1, 0.15) is 23.0 Å². The Hall–Kier alpha value is -3.65. The number of anilines is 1. The summed E-state index contributed by atoms with van der Waals surface area (Å²) in [5.74, 6) is -1.30.